The number of nitrogens with zero attached hydrogens (tertiary/aromatic N) is 2. The van der Waals surface area contributed by atoms with Crippen LogP contribution in [0.25, 0.3) is 6.08 Å². The minimum Gasteiger partial charge on any atom is -0.493 e. The van der Waals surface area contributed by atoms with Crippen molar-refractivity contribution in [1.29, 1.82) is 0 Å². The van der Waals surface area contributed by atoms with Gasteiger partial charge in [-0.15, -0.1) is 0 Å². The number of esters is 1. The van der Waals surface area contributed by atoms with Gasteiger partial charge >= 0.3 is 5.97 Å². The van der Waals surface area contributed by atoms with Crippen molar-refractivity contribution < 1.29 is 28.5 Å². The van der Waals surface area contributed by atoms with Gasteiger partial charge in [-0.1, -0.05) is 42.2 Å². The molecule has 40 heavy (non-hydrogen) atoms. The van der Waals surface area contributed by atoms with E-state index in [2.05, 4.69) is 11.6 Å². The molecule has 0 fully saturated rings. The zero-order valence-electron chi connectivity index (χ0n) is 23.2. The van der Waals surface area contributed by atoms with E-state index in [0.29, 0.717) is 56.8 Å². The molecule has 0 aliphatic carbocycles. The first-order chi connectivity index (χ1) is 19.4. The maximum Gasteiger partial charge on any atom is 0.338 e. The van der Waals surface area contributed by atoms with Crippen LogP contribution in [0.5, 0.6) is 23.0 Å². The fourth-order valence-corrected chi connectivity index (χ4v) is 5.53. The van der Waals surface area contributed by atoms with Gasteiger partial charge in [-0.05, 0) is 50.6 Å². The zero-order valence-corrected chi connectivity index (χ0v) is 24.0. The average Bonchev–Trinajstić information content (AvgIpc) is 3.25. The van der Waals surface area contributed by atoms with E-state index in [1.165, 1.54) is 15.9 Å². The summed E-state index contributed by atoms with van der Waals surface area (Å²) in [5, 5.41) is 0. The Balaban J connectivity index is 1.95. The summed E-state index contributed by atoms with van der Waals surface area (Å²) in [5.41, 5.74) is 1.76. The van der Waals surface area contributed by atoms with Crippen molar-refractivity contribution in [3.63, 3.8) is 0 Å². The second-order valence-corrected chi connectivity index (χ2v) is 9.63. The van der Waals surface area contributed by atoms with Crippen LogP contribution in [0.4, 0.5) is 0 Å². The molecule has 3 aromatic rings. The number of aromatic nitrogens is 1. The summed E-state index contributed by atoms with van der Waals surface area (Å²) in [5.74, 6) is 1.48. The molecule has 10 heteroatoms. The van der Waals surface area contributed by atoms with Crippen LogP contribution >= 0.6 is 11.3 Å². The Morgan fingerprint density at radius 1 is 1.07 bits per heavy atom. The third-order valence-electron chi connectivity index (χ3n) is 6.17. The van der Waals surface area contributed by atoms with Crippen molar-refractivity contribution >= 4 is 23.4 Å². The normalized spacial score (nSPS) is 14.7. The van der Waals surface area contributed by atoms with Gasteiger partial charge in [0.2, 0.25) is 0 Å². The van der Waals surface area contributed by atoms with E-state index in [4.69, 9.17) is 23.7 Å². The molecule has 0 radical (unpaired) electrons. The molecule has 0 spiro atoms. The van der Waals surface area contributed by atoms with E-state index in [0.717, 1.165) is 5.56 Å². The summed E-state index contributed by atoms with van der Waals surface area (Å²) in [6, 6.07) is 9.96. The van der Waals surface area contributed by atoms with Crippen molar-refractivity contribution in [1.82, 2.24) is 4.57 Å². The SMILES string of the molecule is C=CCOc1ccc(/C=c2/sc3n(c2=O)[C@@H](c2cccc(OC)c2OCC)C(C(=O)OCC)=C(C)N=3)cc1OC. The van der Waals surface area contributed by atoms with Crippen LogP contribution in [0.2, 0.25) is 0 Å². The van der Waals surface area contributed by atoms with E-state index in [9.17, 15) is 9.59 Å². The molecule has 1 aromatic heterocycles. The number of thiazole rings is 1. The molecular formula is C30H32N2O7S. The topological polar surface area (TPSA) is 97.6 Å². The number of carbonyl (C=O) groups is 1. The largest absolute Gasteiger partial charge is 0.493 e. The van der Waals surface area contributed by atoms with Gasteiger partial charge in [0.15, 0.2) is 27.8 Å². The van der Waals surface area contributed by atoms with E-state index in [1.54, 1.807) is 64.5 Å². The van der Waals surface area contributed by atoms with Gasteiger partial charge in [0, 0.05) is 5.56 Å². The number of hydrogen-bond acceptors (Lipinski definition) is 9. The van der Waals surface area contributed by atoms with Crippen molar-refractivity contribution in [2.45, 2.75) is 26.8 Å². The highest BCUT2D eigenvalue weighted by Crippen LogP contribution is 2.40. The molecule has 2 aromatic carbocycles. The fraction of sp³-hybridized carbons (Fsp3) is 0.300. The maximum absolute atomic E-state index is 14.0. The Hall–Kier alpha value is -4.31. The number of allylic oxidation sites excluding steroid dienone is 1. The lowest BCUT2D eigenvalue weighted by Gasteiger charge is -2.26. The Morgan fingerprint density at radius 2 is 1.85 bits per heavy atom. The van der Waals surface area contributed by atoms with Gasteiger partial charge in [-0.3, -0.25) is 9.36 Å². The highest BCUT2D eigenvalue weighted by atomic mass is 32.1. The molecule has 1 aliphatic heterocycles. The van der Waals surface area contributed by atoms with Crippen LogP contribution in [0.15, 0.2) is 70.1 Å². The predicted octanol–water partition coefficient (Wildman–Crippen LogP) is 3.78. The summed E-state index contributed by atoms with van der Waals surface area (Å²) >= 11 is 1.23. The number of fused-ring (bicyclic) bond motifs is 1. The minimum atomic E-state index is -0.835. The number of rotatable bonds is 11. The second kappa shape index (κ2) is 12.7. The monoisotopic (exact) mass is 564 g/mol. The Labute approximate surface area is 236 Å². The van der Waals surface area contributed by atoms with Crippen LogP contribution < -0.4 is 33.8 Å². The van der Waals surface area contributed by atoms with Crippen LogP contribution in [-0.4, -0.2) is 44.6 Å². The average molecular weight is 565 g/mol. The molecule has 0 unspecified atom stereocenters. The predicted molar refractivity (Wildman–Crippen MR) is 153 cm³/mol. The van der Waals surface area contributed by atoms with Crippen LogP contribution in [-0.2, 0) is 9.53 Å². The van der Waals surface area contributed by atoms with E-state index < -0.39 is 12.0 Å². The lowest BCUT2D eigenvalue weighted by molar-refractivity contribution is -0.139. The summed E-state index contributed by atoms with van der Waals surface area (Å²) in [4.78, 5) is 32.3. The first-order valence-corrected chi connectivity index (χ1v) is 13.6. The Kier molecular flexibility index (Phi) is 9.11. The highest BCUT2D eigenvalue weighted by molar-refractivity contribution is 7.07. The number of hydrogen-bond donors (Lipinski definition) is 0. The van der Waals surface area contributed by atoms with Crippen LogP contribution in [0.1, 0.15) is 37.9 Å². The van der Waals surface area contributed by atoms with Crippen LogP contribution in [0.3, 0.4) is 0 Å². The van der Waals surface area contributed by atoms with Gasteiger partial charge in [0.25, 0.3) is 5.56 Å². The van der Waals surface area contributed by atoms with Crippen LogP contribution in [0, 0.1) is 0 Å². The smallest absolute Gasteiger partial charge is 0.338 e. The molecule has 9 nitrogen and oxygen atoms in total. The number of benzene rings is 2. The van der Waals surface area contributed by atoms with Gasteiger partial charge < -0.3 is 23.7 Å². The first kappa shape index (κ1) is 28.7. The van der Waals surface area contributed by atoms with E-state index in [1.807, 2.05) is 19.1 Å². The summed E-state index contributed by atoms with van der Waals surface area (Å²) < 4.78 is 30.0. The van der Waals surface area contributed by atoms with Gasteiger partial charge in [-0.25, -0.2) is 9.79 Å². The van der Waals surface area contributed by atoms with E-state index >= 15 is 0 Å². The molecule has 210 valence electrons. The van der Waals surface area contributed by atoms with Crippen molar-refractivity contribution in [2.75, 3.05) is 34.0 Å². The third kappa shape index (κ3) is 5.53. The first-order valence-electron chi connectivity index (χ1n) is 12.8. The standard InChI is InChI=1S/C30H32N2O7S/c1-7-15-39-21-14-13-19(16-23(21)36-6)17-24-28(33)32-26(20-11-10-12-22(35-5)27(20)37-8-2)25(29(34)38-9-3)18(4)31-30(32)40-24/h7,10-14,16-17,26H,1,8-9,15H2,2-6H3/b24-17+/t26-/m0/s1. The number of para-hydroxylation sites is 1. The molecule has 2 heterocycles. The number of ether oxygens (including phenoxy) is 5. The second-order valence-electron chi connectivity index (χ2n) is 8.62. The van der Waals surface area contributed by atoms with Gasteiger partial charge in [-0.2, -0.15) is 0 Å². The number of methoxy groups -OCH3 is 2. The molecule has 0 saturated carbocycles. The molecule has 0 N–H and O–H groups in total. The number of carbonyl (C=O) groups excluding carboxylic acids is 1. The highest BCUT2D eigenvalue weighted by Gasteiger charge is 2.36. The van der Waals surface area contributed by atoms with Gasteiger partial charge in [0.05, 0.1) is 43.2 Å². The molecule has 1 atom stereocenters. The molecular weight excluding hydrogens is 532 g/mol. The maximum atomic E-state index is 14.0. The van der Waals surface area contributed by atoms with E-state index in [-0.39, 0.29) is 17.7 Å². The molecule has 0 amide bonds. The summed E-state index contributed by atoms with van der Waals surface area (Å²) in [6.07, 6.45) is 3.41. The summed E-state index contributed by atoms with van der Waals surface area (Å²) in [7, 11) is 3.10. The summed E-state index contributed by atoms with van der Waals surface area (Å²) in [6.45, 7) is 9.88. The minimum absolute atomic E-state index is 0.178. The lowest BCUT2D eigenvalue weighted by atomic mass is 9.94. The van der Waals surface area contributed by atoms with Gasteiger partial charge in [0.1, 0.15) is 12.6 Å². The lowest BCUT2D eigenvalue weighted by Crippen LogP contribution is -2.40. The van der Waals surface area contributed by atoms with Crippen molar-refractivity contribution in [3.05, 3.63) is 91.1 Å². The Bertz CT molecular complexity index is 1630. The van der Waals surface area contributed by atoms with Crippen molar-refractivity contribution in [3.8, 4) is 23.0 Å². The fourth-order valence-electron chi connectivity index (χ4n) is 4.49. The Morgan fingerprint density at radius 3 is 2.52 bits per heavy atom. The zero-order chi connectivity index (χ0) is 28.8. The molecule has 1 aliphatic rings. The quantitative estimate of drug-likeness (QED) is 0.258. The third-order valence-corrected chi connectivity index (χ3v) is 7.15. The molecule has 4 rings (SSSR count). The van der Waals surface area contributed by atoms with Crippen molar-refractivity contribution in [2.24, 2.45) is 4.99 Å². The molecule has 0 saturated heterocycles. The molecule has 0 bridgehead atoms.